The third-order valence-electron chi connectivity index (χ3n) is 1.68. The van der Waals surface area contributed by atoms with Crippen LogP contribution in [-0.2, 0) is 11.3 Å². The van der Waals surface area contributed by atoms with Crippen LogP contribution in [0.2, 0.25) is 0 Å². The van der Waals surface area contributed by atoms with Gasteiger partial charge in [-0.2, -0.15) is 5.10 Å². The van der Waals surface area contributed by atoms with Crippen molar-refractivity contribution in [1.29, 1.82) is 0 Å². The molecule has 0 saturated heterocycles. The van der Waals surface area contributed by atoms with Gasteiger partial charge in [-0.3, -0.25) is 0 Å². The van der Waals surface area contributed by atoms with E-state index >= 15 is 0 Å². The number of anilines is 1. The second kappa shape index (κ2) is 4.45. The number of nitrogens with two attached hydrogens (primary N) is 1. The van der Waals surface area contributed by atoms with Gasteiger partial charge in [0.05, 0.1) is 19.3 Å². The van der Waals surface area contributed by atoms with E-state index in [1.165, 1.54) is 10.9 Å². The lowest BCUT2D eigenvalue weighted by Gasteiger charge is -2.01. The average molecular weight is 195 g/mol. The Bertz CT molecular complexity index is 344. The Kier molecular flexibility index (Phi) is 3.28. The smallest absolute Gasteiger partial charge is 0.343 e. The van der Waals surface area contributed by atoms with Gasteiger partial charge in [0.25, 0.3) is 0 Å². The maximum atomic E-state index is 11.3. The lowest BCUT2D eigenvalue weighted by atomic mass is 10.3. The Morgan fingerprint density at radius 3 is 3.14 bits per heavy atom. The van der Waals surface area contributed by atoms with Crippen molar-refractivity contribution in [2.45, 2.75) is 13.5 Å². The van der Waals surface area contributed by atoms with Crippen molar-refractivity contribution in [2.24, 2.45) is 0 Å². The molecule has 2 N–H and O–H groups in total. The summed E-state index contributed by atoms with van der Waals surface area (Å²) >= 11 is 0. The first-order chi connectivity index (χ1) is 6.70. The molecule has 1 heterocycles. The zero-order valence-corrected chi connectivity index (χ0v) is 8.06. The Morgan fingerprint density at radius 2 is 2.57 bits per heavy atom. The van der Waals surface area contributed by atoms with Crippen LogP contribution in [0.5, 0.6) is 0 Å². The van der Waals surface area contributed by atoms with E-state index in [-0.39, 0.29) is 0 Å². The minimum atomic E-state index is -0.444. The standard InChI is InChI=1S/C9H13N3O2/c1-3-5-12-8(10)7(6-11-12)9(13)14-4-2/h3,6H,1,4-5,10H2,2H3. The van der Waals surface area contributed by atoms with Crippen LogP contribution in [0.15, 0.2) is 18.9 Å². The summed E-state index contributed by atoms with van der Waals surface area (Å²) in [7, 11) is 0. The highest BCUT2D eigenvalue weighted by Gasteiger charge is 2.14. The van der Waals surface area contributed by atoms with E-state index < -0.39 is 5.97 Å². The van der Waals surface area contributed by atoms with Gasteiger partial charge in [-0.15, -0.1) is 6.58 Å². The van der Waals surface area contributed by atoms with Crippen LogP contribution in [-0.4, -0.2) is 22.4 Å². The average Bonchev–Trinajstić information content (AvgIpc) is 2.49. The van der Waals surface area contributed by atoms with Crippen LogP contribution in [0.4, 0.5) is 5.82 Å². The first-order valence-corrected chi connectivity index (χ1v) is 4.30. The number of nitrogens with zero attached hydrogens (tertiary/aromatic N) is 2. The monoisotopic (exact) mass is 195 g/mol. The summed E-state index contributed by atoms with van der Waals surface area (Å²) in [5.74, 6) is -0.135. The molecule has 5 heteroatoms. The van der Waals surface area contributed by atoms with Crippen LogP contribution in [0, 0.1) is 0 Å². The van der Waals surface area contributed by atoms with Crippen molar-refractivity contribution in [2.75, 3.05) is 12.3 Å². The van der Waals surface area contributed by atoms with Crippen LogP contribution >= 0.6 is 0 Å². The summed E-state index contributed by atoms with van der Waals surface area (Å²) in [5.41, 5.74) is 5.97. The van der Waals surface area contributed by atoms with E-state index in [9.17, 15) is 4.79 Å². The quantitative estimate of drug-likeness (QED) is 0.570. The van der Waals surface area contributed by atoms with Gasteiger partial charge in [0.2, 0.25) is 0 Å². The molecule has 0 spiro atoms. The Morgan fingerprint density at radius 1 is 1.86 bits per heavy atom. The van der Waals surface area contributed by atoms with Crippen molar-refractivity contribution in [1.82, 2.24) is 9.78 Å². The van der Waals surface area contributed by atoms with Crippen molar-refractivity contribution < 1.29 is 9.53 Å². The number of esters is 1. The molecule has 0 unspecified atom stereocenters. The summed E-state index contributed by atoms with van der Waals surface area (Å²) < 4.78 is 6.29. The first kappa shape index (κ1) is 10.3. The Hall–Kier alpha value is -1.78. The molecule has 0 atom stereocenters. The van der Waals surface area contributed by atoms with Crippen LogP contribution < -0.4 is 5.73 Å². The molecule has 0 aliphatic rings. The molecule has 1 aromatic rings. The van der Waals surface area contributed by atoms with E-state index in [2.05, 4.69) is 11.7 Å². The number of hydrogen-bond acceptors (Lipinski definition) is 4. The maximum absolute atomic E-state index is 11.3. The molecule has 0 amide bonds. The number of ether oxygens (including phenoxy) is 1. The Labute approximate surface area is 82.2 Å². The highest BCUT2D eigenvalue weighted by Crippen LogP contribution is 2.12. The molecule has 0 aliphatic heterocycles. The van der Waals surface area contributed by atoms with Gasteiger partial charge in [0, 0.05) is 0 Å². The van der Waals surface area contributed by atoms with Gasteiger partial charge >= 0.3 is 5.97 Å². The SMILES string of the molecule is C=CCn1ncc(C(=O)OCC)c1N. The van der Waals surface area contributed by atoms with Gasteiger partial charge in [0.1, 0.15) is 11.4 Å². The molecule has 0 aliphatic carbocycles. The van der Waals surface area contributed by atoms with Crippen molar-refractivity contribution >= 4 is 11.8 Å². The van der Waals surface area contributed by atoms with Crippen LogP contribution in [0.1, 0.15) is 17.3 Å². The second-order valence-corrected chi connectivity index (χ2v) is 2.63. The van der Waals surface area contributed by atoms with E-state index in [0.717, 1.165) is 0 Å². The van der Waals surface area contributed by atoms with E-state index in [1.54, 1.807) is 13.0 Å². The predicted octanol–water partition coefficient (Wildman–Crippen LogP) is 0.828. The first-order valence-electron chi connectivity index (χ1n) is 4.30. The maximum Gasteiger partial charge on any atom is 0.343 e. The number of carbonyl (C=O) groups excluding carboxylic acids is 1. The van der Waals surface area contributed by atoms with Gasteiger partial charge in [-0.1, -0.05) is 6.08 Å². The number of hydrogen-bond donors (Lipinski definition) is 1. The number of aromatic nitrogens is 2. The number of rotatable bonds is 4. The lowest BCUT2D eigenvalue weighted by molar-refractivity contribution is 0.0527. The molecule has 76 valence electrons. The molecule has 0 aromatic carbocycles. The minimum absolute atomic E-state index is 0.300. The van der Waals surface area contributed by atoms with Crippen molar-refractivity contribution in [3.8, 4) is 0 Å². The minimum Gasteiger partial charge on any atom is -0.462 e. The highest BCUT2D eigenvalue weighted by atomic mass is 16.5. The fraction of sp³-hybridized carbons (Fsp3) is 0.333. The second-order valence-electron chi connectivity index (χ2n) is 2.63. The zero-order chi connectivity index (χ0) is 10.6. The number of carbonyl (C=O) groups is 1. The summed E-state index contributed by atoms with van der Waals surface area (Å²) in [6, 6.07) is 0. The fourth-order valence-electron chi connectivity index (χ4n) is 1.03. The molecule has 0 fully saturated rings. The van der Waals surface area contributed by atoms with Crippen molar-refractivity contribution in [3.05, 3.63) is 24.4 Å². The van der Waals surface area contributed by atoms with E-state index in [4.69, 9.17) is 10.5 Å². The summed E-state index contributed by atoms with van der Waals surface area (Å²) in [6.45, 7) is 6.10. The van der Waals surface area contributed by atoms with Gasteiger partial charge in [-0.25, -0.2) is 9.48 Å². The van der Waals surface area contributed by atoms with Crippen LogP contribution in [0.3, 0.4) is 0 Å². The molecule has 1 rings (SSSR count). The molecule has 0 bridgehead atoms. The summed E-state index contributed by atoms with van der Waals surface area (Å²) in [5, 5.41) is 3.93. The molecule has 0 radical (unpaired) electrons. The highest BCUT2D eigenvalue weighted by molar-refractivity contribution is 5.93. The number of nitrogen functional groups attached to an aromatic ring is 1. The number of allylic oxidation sites excluding steroid dienone is 1. The van der Waals surface area contributed by atoms with Gasteiger partial charge < -0.3 is 10.5 Å². The lowest BCUT2D eigenvalue weighted by Crippen LogP contribution is -2.09. The summed E-state index contributed by atoms with van der Waals surface area (Å²) in [4.78, 5) is 11.3. The fourth-order valence-corrected chi connectivity index (χ4v) is 1.03. The van der Waals surface area contributed by atoms with Gasteiger partial charge in [-0.05, 0) is 6.92 Å². The van der Waals surface area contributed by atoms with E-state index in [0.29, 0.717) is 24.5 Å². The van der Waals surface area contributed by atoms with Crippen LogP contribution in [0.25, 0.3) is 0 Å². The molecule has 0 saturated carbocycles. The topological polar surface area (TPSA) is 70.1 Å². The molecular weight excluding hydrogens is 182 g/mol. The third-order valence-corrected chi connectivity index (χ3v) is 1.68. The van der Waals surface area contributed by atoms with Gasteiger partial charge in [0.15, 0.2) is 0 Å². The molecular formula is C9H13N3O2. The summed E-state index contributed by atoms with van der Waals surface area (Å²) in [6.07, 6.45) is 3.05. The molecule has 1 aromatic heterocycles. The molecule has 14 heavy (non-hydrogen) atoms. The third kappa shape index (κ3) is 1.93. The van der Waals surface area contributed by atoms with E-state index in [1.807, 2.05) is 0 Å². The normalized spacial score (nSPS) is 9.79. The largest absolute Gasteiger partial charge is 0.462 e. The zero-order valence-electron chi connectivity index (χ0n) is 8.06. The molecule has 5 nitrogen and oxygen atoms in total. The predicted molar refractivity (Wildman–Crippen MR) is 52.8 cm³/mol. The Balaban J connectivity index is 2.88. The van der Waals surface area contributed by atoms with Crippen molar-refractivity contribution in [3.63, 3.8) is 0 Å².